The van der Waals surface area contributed by atoms with Crippen molar-refractivity contribution in [3.63, 3.8) is 0 Å². The Labute approximate surface area is 93.8 Å². The van der Waals surface area contributed by atoms with E-state index in [1.54, 1.807) is 0 Å². The molecule has 82 valence electrons. The van der Waals surface area contributed by atoms with Crippen LogP contribution in [0.1, 0.15) is 11.4 Å². The van der Waals surface area contributed by atoms with Crippen molar-refractivity contribution in [2.24, 2.45) is 7.05 Å². The Kier molecular flexibility index (Phi) is 2.81. The summed E-state index contributed by atoms with van der Waals surface area (Å²) in [5, 5.41) is 0. The molecule has 0 aliphatic heterocycles. The van der Waals surface area contributed by atoms with Crippen LogP contribution in [0, 0.1) is 6.92 Å². The summed E-state index contributed by atoms with van der Waals surface area (Å²) in [5.41, 5.74) is 0.733. The molecule has 0 amide bonds. The summed E-state index contributed by atoms with van der Waals surface area (Å²) >= 11 is 0. The fourth-order valence-electron chi connectivity index (χ4n) is 1.57. The molecule has 0 unspecified atom stereocenters. The first-order valence-electron chi connectivity index (χ1n) is 5.19. The topological polar surface area (TPSA) is 40.6 Å². The number of aromatic amines is 1. The molecule has 4 heteroatoms. The Morgan fingerprint density at radius 1 is 1.25 bits per heavy atom. The van der Waals surface area contributed by atoms with E-state index in [0.29, 0.717) is 6.54 Å². The highest BCUT2D eigenvalue weighted by molar-refractivity contribution is 4.99. The number of nitrogens with zero attached hydrogens (tertiary/aromatic N) is 2. The van der Waals surface area contributed by atoms with Crippen LogP contribution in [-0.4, -0.2) is 4.98 Å². The van der Waals surface area contributed by atoms with Crippen LogP contribution < -0.4 is 14.7 Å². The number of hydrogen-bond acceptors (Lipinski definition) is 1. The molecule has 0 aliphatic carbocycles. The van der Waals surface area contributed by atoms with Gasteiger partial charge < -0.3 is 0 Å². The molecular formula is C12H15N3O+2. The van der Waals surface area contributed by atoms with Crippen molar-refractivity contribution in [1.29, 1.82) is 0 Å². The molecule has 0 bridgehead atoms. The van der Waals surface area contributed by atoms with Gasteiger partial charge in [0.1, 0.15) is 11.8 Å². The molecule has 0 aromatic carbocycles. The van der Waals surface area contributed by atoms with Crippen molar-refractivity contribution in [3.8, 4) is 0 Å². The third-order valence-corrected chi connectivity index (χ3v) is 2.59. The van der Waals surface area contributed by atoms with E-state index in [9.17, 15) is 4.79 Å². The van der Waals surface area contributed by atoms with Gasteiger partial charge >= 0.3 is 5.56 Å². The number of rotatable bonds is 2. The first-order valence-corrected chi connectivity index (χ1v) is 5.19. The Balaban J connectivity index is 2.36. The van der Waals surface area contributed by atoms with Crippen LogP contribution in [0.4, 0.5) is 0 Å². The summed E-state index contributed by atoms with van der Waals surface area (Å²) in [6.07, 6.45) is 5.76. The van der Waals surface area contributed by atoms with Gasteiger partial charge in [-0.05, 0) is 0 Å². The lowest BCUT2D eigenvalue weighted by molar-refractivity contribution is -0.698. The van der Waals surface area contributed by atoms with Gasteiger partial charge in [0.25, 0.3) is 5.82 Å². The van der Waals surface area contributed by atoms with E-state index in [-0.39, 0.29) is 5.56 Å². The van der Waals surface area contributed by atoms with Gasteiger partial charge in [-0.1, -0.05) is 6.07 Å². The molecule has 0 spiro atoms. The number of pyridine rings is 1. The molecule has 4 nitrogen and oxygen atoms in total. The maximum absolute atomic E-state index is 11.7. The minimum absolute atomic E-state index is 0.0213. The fraction of sp³-hybridized carbons (Fsp3) is 0.250. The highest BCUT2D eigenvalue weighted by Gasteiger charge is 2.12. The first kappa shape index (κ1) is 10.5. The van der Waals surface area contributed by atoms with Crippen LogP contribution in [0.2, 0.25) is 0 Å². The molecule has 0 saturated heterocycles. The fourth-order valence-corrected chi connectivity index (χ4v) is 1.57. The molecule has 0 saturated carbocycles. The zero-order valence-electron chi connectivity index (χ0n) is 9.47. The van der Waals surface area contributed by atoms with E-state index < -0.39 is 0 Å². The Morgan fingerprint density at radius 2 is 1.94 bits per heavy atom. The maximum atomic E-state index is 11.7. The van der Waals surface area contributed by atoms with Crippen LogP contribution in [0.5, 0.6) is 0 Å². The standard InChI is InChI=1S/C12H14N3O/c1-10-13-12(16)11(8-14(10)2)9-15-6-4-3-5-7-15/h3-8H,9H2,1-2H3/q+1/p+1. The van der Waals surface area contributed by atoms with Crippen molar-refractivity contribution >= 4 is 0 Å². The summed E-state index contributed by atoms with van der Waals surface area (Å²) in [6, 6.07) is 5.85. The van der Waals surface area contributed by atoms with Gasteiger partial charge in [-0.25, -0.2) is 18.9 Å². The molecule has 0 radical (unpaired) electrons. The number of hydrogen-bond donors (Lipinski definition) is 1. The molecule has 2 heterocycles. The lowest BCUT2D eigenvalue weighted by atomic mass is 10.3. The molecule has 2 rings (SSSR count). The zero-order valence-corrected chi connectivity index (χ0v) is 9.47. The van der Waals surface area contributed by atoms with Crippen LogP contribution in [0.25, 0.3) is 0 Å². The van der Waals surface area contributed by atoms with Gasteiger partial charge in [0.2, 0.25) is 0 Å². The average Bonchev–Trinajstić information content (AvgIpc) is 2.27. The van der Waals surface area contributed by atoms with Crippen LogP contribution in [0.15, 0.2) is 41.6 Å². The minimum Gasteiger partial charge on any atom is -0.241 e. The quantitative estimate of drug-likeness (QED) is 0.698. The second-order valence-corrected chi connectivity index (χ2v) is 3.85. The van der Waals surface area contributed by atoms with Crippen molar-refractivity contribution in [1.82, 2.24) is 4.98 Å². The summed E-state index contributed by atoms with van der Waals surface area (Å²) in [7, 11) is 1.92. The van der Waals surface area contributed by atoms with Gasteiger partial charge in [-0.2, -0.15) is 0 Å². The highest BCUT2D eigenvalue weighted by atomic mass is 16.1. The SMILES string of the molecule is Cc1[nH]c(=O)c(C[n+]2ccccc2)c[n+]1C. The summed E-state index contributed by atoms with van der Waals surface area (Å²) in [5.74, 6) is 0.854. The molecule has 0 atom stereocenters. The largest absolute Gasteiger partial charge is 0.344 e. The van der Waals surface area contributed by atoms with Crippen LogP contribution >= 0.6 is 0 Å². The lowest BCUT2D eigenvalue weighted by Gasteiger charge is -1.98. The number of nitrogens with one attached hydrogen (secondary N) is 1. The summed E-state index contributed by atoms with van der Waals surface area (Å²) < 4.78 is 3.89. The highest BCUT2D eigenvalue weighted by Crippen LogP contribution is 1.87. The second kappa shape index (κ2) is 4.26. The van der Waals surface area contributed by atoms with Gasteiger partial charge in [-0.3, -0.25) is 0 Å². The Hall–Kier alpha value is -1.97. The Morgan fingerprint density at radius 3 is 2.62 bits per heavy atom. The van der Waals surface area contributed by atoms with Crippen LogP contribution in [-0.2, 0) is 13.6 Å². The molecule has 1 N–H and O–H groups in total. The van der Waals surface area contributed by atoms with Crippen LogP contribution in [0.3, 0.4) is 0 Å². The van der Waals surface area contributed by atoms with E-state index in [2.05, 4.69) is 4.98 Å². The van der Waals surface area contributed by atoms with Gasteiger partial charge in [-0.15, -0.1) is 0 Å². The molecule has 2 aromatic rings. The predicted octanol–water partition coefficient (Wildman–Crippen LogP) is -0.156. The zero-order chi connectivity index (χ0) is 11.5. The van der Waals surface area contributed by atoms with E-state index in [0.717, 1.165) is 11.4 Å². The Bertz CT molecular complexity index is 546. The molecule has 16 heavy (non-hydrogen) atoms. The minimum atomic E-state index is -0.0213. The molecule has 0 aliphatic rings. The predicted molar refractivity (Wildman–Crippen MR) is 58.7 cm³/mol. The smallest absolute Gasteiger partial charge is 0.241 e. The first-order chi connectivity index (χ1) is 7.66. The number of H-pyrrole nitrogens is 1. The maximum Gasteiger partial charge on any atom is 0.344 e. The lowest BCUT2D eigenvalue weighted by Crippen LogP contribution is -2.42. The number of aryl methyl sites for hydroxylation is 2. The van der Waals surface area contributed by atoms with E-state index >= 15 is 0 Å². The summed E-state index contributed by atoms with van der Waals surface area (Å²) in [6.45, 7) is 2.46. The monoisotopic (exact) mass is 217 g/mol. The third kappa shape index (κ3) is 2.16. The van der Waals surface area contributed by atoms with Crippen molar-refractivity contribution < 1.29 is 9.13 Å². The van der Waals surface area contributed by atoms with Gasteiger partial charge in [0.05, 0.1) is 7.05 Å². The van der Waals surface area contributed by atoms with Crippen molar-refractivity contribution in [2.75, 3.05) is 0 Å². The molecular weight excluding hydrogens is 202 g/mol. The van der Waals surface area contributed by atoms with E-state index in [1.165, 1.54) is 0 Å². The molecule has 0 fully saturated rings. The summed E-state index contributed by atoms with van der Waals surface area (Å²) in [4.78, 5) is 14.5. The van der Waals surface area contributed by atoms with Crippen molar-refractivity contribution in [2.45, 2.75) is 13.5 Å². The second-order valence-electron chi connectivity index (χ2n) is 3.85. The average molecular weight is 217 g/mol. The number of aromatic nitrogens is 3. The third-order valence-electron chi connectivity index (χ3n) is 2.59. The van der Waals surface area contributed by atoms with Crippen molar-refractivity contribution in [3.05, 3.63) is 58.5 Å². The molecule has 2 aromatic heterocycles. The van der Waals surface area contributed by atoms with Gasteiger partial charge in [0, 0.05) is 19.1 Å². The van der Waals surface area contributed by atoms with E-state index in [4.69, 9.17) is 0 Å². The van der Waals surface area contributed by atoms with Gasteiger partial charge in [0.15, 0.2) is 18.9 Å². The van der Waals surface area contributed by atoms with E-state index in [1.807, 2.05) is 59.9 Å². The normalized spacial score (nSPS) is 10.4.